The van der Waals surface area contributed by atoms with Crippen LogP contribution in [0.4, 0.5) is 10.8 Å². The number of fused-ring (bicyclic) bond motifs is 1. The first-order valence-corrected chi connectivity index (χ1v) is 11.0. The van der Waals surface area contributed by atoms with Gasteiger partial charge >= 0.3 is 0 Å². The van der Waals surface area contributed by atoms with E-state index in [1.165, 1.54) is 53.9 Å². The van der Waals surface area contributed by atoms with Crippen molar-refractivity contribution in [3.8, 4) is 11.8 Å². The first-order chi connectivity index (χ1) is 16.8. The van der Waals surface area contributed by atoms with Crippen molar-refractivity contribution in [2.45, 2.75) is 0 Å². The second-order valence-electron chi connectivity index (χ2n) is 6.90. The molecule has 2 aromatic carbocycles. The zero-order valence-electron chi connectivity index (χ0n) is 17.5. The van der Waals surface area contributed by atoms with Crippen molar-refractivity contribution in [3.05, 3.63) is 84.9 Å². The highest BCUT2D eigenvalue weighted by atomic mass is 35.5. The number of hydrogen-bond donors (Lipinski definition) is 2. The molecule has 174 valence electrons. The number of halogens is 1. The monoisotopic (exact) mass is 508 g/mol. The fourth-order valence-corrected chi connectivity index (χ4v) is 3.74. The largest absolute Gasteiger partial charge is 0.483 e. The number of rotatable bonds is 7. The van der Waals surface area contributed by atoms with Crippen molar-refractivity contribution < 1.29 is 14.5 Å². The lowest BCUT2D eigenvalue weighted by Gasteiger charge is -2.10. The number of H-pyrrole nitrogens is 1. The van der Waals surface area contributed by atoms with E-state index in [0.717, 1.165) is 0 Å². The van der Waals surface area contributed by atoms with Crippen molar-refractivity contribution in [2.24, 2.45) is 0 Å². The molecule has 0 bridgehead atoms. The van der Waals surface area contributed by atoms with Gasteiger partial charge in [-0.3, -0.25) is 25.0 Å². The number of nitro groups is 1. The number of amides is 1. The number of aromatic amines is 1. The van der Waals surface area contributed by atoms with Gasteiger partial charge in [-0.2, -0.15) is 5.26 Å². The number of hydrogen-bond acceptors (Lipinski definition) is 9. The molecule has 11 nitrogen and oxygen atoms in total. The molecule has 4 aromatic rings. The number of carbonyl (C=O) groups is 1. The highest BCUT2D eigenvalue weighted by Gasteiger charge is 2.15. The Balaban J connectivity index is 1.69. The number of nitro benzene ring substituents is 1. The van der Waals surface area contributed by atoms with Gasteiger partial charge < -0.3 is 9.72 Å². The summed E-state index contributed by atoms with van der Waals surface area (Å²) in [4.78, 5) is 46.1. The number of non-ortho nitro benzene ring substituents is 1. The Hall–Kier alpha value is -4.60. The Labute approximate surface area is 205 Å². The van der Waals surface area contributed by atoms with E-state index in [1.54, 1.807) is 11.4 Å². The molecule has 13 heteroatoms. The number of ether oxygens (including phenoxy) is 1. The van der Waals surface area contributed by atoms with Crippen LogP contribution in [-0.4, -0.2) is 32.4 Å². The number of aromatic nitrogens is 3. The van der Waals surface area contributed by atoms with Gasteiger partial charge in [-0.05, 0) is 30.3 Å². The molecular formula is C22H13ClN6O5S. The number of carbonyl (C=O) groups excluding carboxylic acids is 1. The summed E-state index contributed by atoms with van der Waals surface area (Å²) in [5.41, 5.74) is -0.414. The molecule has 4 rings (SSSR count). The summed E-state index contributed by atoms with van der Waals surface area (Å²) in [6, 6.07) is 10.2. The second kappa shape index (κ2) is 10.1. The number of nitriles is 1. The van der Waals surface area contributed by atoms with Crippen molar-refractivity contribution >= 4 is 62.2 Å². The molecule has 0 fully saturated rings. The summed E-state index contributed by atoms with van der Waals surface area (Å²) in [5, 5.41) is 26.3. The molecule has 0 aliphatic heterocycles. The van der Waals surface area contributed by atoms with Crippen molar-refractivity contribution in [1.29, 1.82) is 5.26 Å². The van der Waals surface area contributed by atoms with Gasteiger partial charge in [0.2, 0.25) is 0 Å². The van der Waals surface area contributed by atoms with Gasteiger partial charge in [-0.15, -0.1) is 11.3 Å². The molecule has 0 unspecified atom stereocenters. The lowest BCUT2D eigenvalue weighted by molar-refractivity contribution is -0.384. The smallest absolute Gasteiger partial charge is 0.270 e. The topological polar surface area (TPSA) is 164 Å². The van der Waals surface area contributed by atoms with E-state index in [9.17, 15) is 25.0 Å². The maximum absolute atomic E-state index is 12.5. The summed E-state index contributed by atoms with van der Waals surface area (Å²) in [7, 11) is 0. The SMILES string of the molecule is N#C/C(=C\c1cc([N+](=O)[O-])ccc1OCC(=O)Nc1nccs1)c1nc2ccc(Cl)cc2c(=O)[nH]1. The number of anilines is 1. The summed E-state index contributed by atoms with van der Waals surface area (Å²) in [5.74, 6) is -0.438. The van der Waals surface area contributed by atoms with Crippen LogP contribution in [0.1, 0.15) is 11.4 Å². The number of nitrogens with one attached hydrogen (secondary N) is 2. The minimum atomic E-state index is -0.609. The first kappa shape index (κ1) is 23.6. The zero-order chi connectivity index (χ0) is 24.9. The van der Waals surface area contributed by atoms with Gasteiger partial charge in [0.25, 0.3) is 17.2 Å². The third-order valence-electron chi connectivity index (χ3n) is 4.58. The Morgan fingerprint density at radius 1 is 1.34 bits per heavy atom. The Bertz CT molecular complexity index is 1580. The summed E-state index contributed by atoms with van der Waals surface area (Å²) < 4.78 is 5.55. The minimum absolute atomic E-state index is 0.0497. The molecule has 0 aliphatic carbocycles. The van der Waals surface area contributed by atoms with E-state index in [4.69, 9.17) is 16.3 Å². The summed E-state index contributed by atoms with van der Waals surface area (Å²) in [6.07, 6.45) is 2.81. The zero-order valence-corrected chi connectivity index (χ0v) is 19.1. The third-order valence-corrected chi connectivity index (χ3v) is 5.51. The molecule has 0 saturated carbocycles. The van der Waals surface area contributed by atoms with E-state index < -0.39 is 23.0 Å². The first-order valence-electron chi connectivity index (χ1n) is 9.76. The predicted octanol–water partition coefficient (Wildman–Crippen LogP) is 4.02. The number of benzene rings is 2. The van der Waals surface area contributed by atoms with Crippen LogP contribution in [0.25, 0.3) is 22.6 Å². The molecule has 0 spiro atoms. The van der Waals surface area contributed by atoms with Gasteiger partial charge in [0, 0.05) is 34.3 Å². The van der Waals surface area contributed by atoms with Crippen LogP contribution in [0.5, 0.6) is 5.75 Å². The van der Waals surface area contributed by atoms with Crippen LogP contribution in [0.2, 0.25) is 5.02 Å². The molecule has 0 radical (unpaired) electrons. The van der Waals surface area contributed by atoms with Crippen LogP contribution in [0.3, 0.4) is 0 Å². The molecule has 2 heterocycles. The number of nitrogens with zero attached hydrogens (tertiary/aromatic N) is 4. The quantitative estimate of drug-likeness (QED) is 0.214. The lowest BCUT2D eigenvalue weighted by Crippen LogP contribution is -2.20. The Morgan fingerprint density at radius 3 is 2.89 bits per heavy atom. The van der Waals surface area contributed by atoms with Crippen molar-refractivity contribution in [3.63, 3.8) is 0 Å². The fraction of sp³-hybridized carbons (Fsp3) is 0.0455. The average Bonchev–Trinajstić information content (AvgIpc) is 3.34. The van der Waals surface area contributed by atoms with Crippen molar-refractivity contribution in [2.75, 3.05) is 11.9 Å². The van der Waals surface area contributed by atoms with E-state index in [0.29, 0.717) is 15.7 Å². The predicted molar refractivity (Wildman–Crippen MR) is 130 cm³/mol. The van der Waals surface area contributed by atoms with Gasteiger partial charge in [0.1, 0.15) is 11.8 Å². The van der Waals surface area contributed by atoms with E-state index in [-0.39, 0.29) is 33.8 Å². The highest BCUT2D eigenvalue weighted by Crippen LogP contribution is 2.28. The standard InChI is InChI=1S/C22H13ClN6O5S/c23-14-1-3-17-16(9-14)21(31)28-20(26-17)13(10-24)7-12-8-15(29(32)33)2-4-18(12)34-11-19(30)27-22-25-5-6-35-22/h1-9H,11H2,(H,25,27,30)(H,26,28,31)/b13-7+. The van der Waals surface area contributed by atoms with Crippen LogP contribution < -0.4 is 15.6 Å². The van der Waals surface area contributed by atoms with Crippen LogP contribution in [0.15, 0.2) is 52.8 Å². The molecule has 2 aromatic heterocycles. The number of thiazole rings is 1. The second-order valence-corrected chi connectivity index (χ2v) is 8.23. The number of allylic oxidation sites excluding steroid dienone is 1. The maximum atomic E-state index is 12.5. The van der Waals surface area contributed by atoms with Gasteiger partial charge in [0.05, 0.1) is 21.4 Å². The van der Waals surface area contributed by atoms with Crippen LogP contribution >= 0.6 is 22.9 Å². The van der Waals surface area contributed by atoms with E-state index in [2.05, 4.69) is 20.3 Å². The molecule has 1 amide bonds. The molecule has 0 atom stereocenters. The maximum Gasteiger partial charge on any atom is 0.270 e. The summed E-state index contributed by atoms with van der Waals surface area (Å²) in [6.45, 7) is -0.411. The molecule has 35 heavy (non-hydrogen) atoms. The van der Waals surface area contributed by atoms with E-state index in [1.807, 2.05) is 6.07 Å². The van der Waals surface area contributed by atoms with Gasteiger partial charge in [-0.1, -0.05) is 11.6 Å². The average molecular weight is 509 g/mol. The summed E-state index contributed by atoms with van der Waals surface area (Å²) >= 11 is 7.16. The van der Waals surface area contributed by atoms with Crippen LogP contribution in [0, 0.1) is 21.4 Å². The normalized spacial score (nSPS) is 11.1. The molecule has 2 N–H and O–H groups in total. The third kappa shape index (κ3) is 5.49. The van der Waals surface area contributed by atoms with Crippen molar-refractivity contribution in [1.82, 2.24) is 15.0 Å². The minimum Gasteiger partial charge on any atom is -0.483 e. The van der Waals surface area contributed by atoms with Crippen LogP contribution in [-0.2, 0) is 4.79 Å². The molecule has 0 aliphatic rings. The Kier molecular flexibility index (Phi) is 6.81. The Morgan fingerprint density at radius 2 is 2.17 bits per heavy atom. The fourth-order valence-electron chi connectivity index (χ4n) is 3.03. The molecular weight excluding hydrogens is 496 g/mol. The van der Waals surface area contributed by atoms with Gasteiger partial charge in [-0.25, -0.2) is 9.97 Å². The highest BCUT2D eigenvalue weighted by molar-refractivity contribution is 7.13. The lowest BCUT2D eigenvalue weighted by atomic mass is 10.1. The molecule has 0 saturated heterocycles. The van der Waals surface area contributed by atoms with E-state index >= 15 is 0 Å². The van der Waals surface area contributed by atoms with Gasteiger partial charge in [0.15, 0.2) is 17.6 Å².